The van der Waals surface area contributed by atoms with Crippen molar-refractivity contribution in [1.29, 1.82) is 0 Å². The van der Waals surface area contributed by atoms with Gasteiger partial charge in [0.15, 0.2) is 5.13 Å². The Hall–Kier alpha value is -1.37. The van der Waals surface area contributed by atoms with E-state index >= 15 is 0 Å². The van der Waals surface area contributed by atoms with Gasteiger partial charge in [-0.1, -0.05) is 36.4 Å². The lowest BCUT2D eigenvalue weighted by atomic mass is 10.4. The Bertz CT molecular complexity index is 654. The van der Waals surface area contributed by atoms with Crippen LogP contribution in [0.25, 0.3) is 0 Å². The number of sulfonamides is 1. The highest BCUT2D eigenvalue weighted by molar-refractivity contribution is 7.93. The number of hydrogen-bond donors (Lipinski definition) is 0. The summed E-state index contributed by atoms with van der Waals surface area (Å²) in [5.41, 5.74) is 0. The number of hydrogen-bond acceptors (Lipinski definition) is 4. The summed E-state index contributed by atoms with van der Waals surface area (Å²) in [5, 5.41) is 2.31. The minimum atomic E-state index is -3.68. The molecule has 0 aliphatic carbocycles. The predicted octanol–water partition coefficient (Wildman–Crippen LogP) is 3.09. The van der Waals surface area contributed by atoms with Crippen molar-refractivity contribution in [2.75, 3.05) is 10.8 Å². The molecule has 1 aromatic heterocycles. The molecule has 0 spiro atoms. The first-order valence-corrected chi connectivity index (χ1v) is 8.02. The van der Waals surface area contributed by atoms with E-state index in [2.05, 4.69) is 11.6 Å². The van der Waals surface area contributed by atoms with E-state index in [4.69, 9.17) is 11.6 Å². The molecule has 100 valence electrons. The van der Waals surface area contributed by atoms with Gasteiger partial charge in [0.25, 0.3) is 10.0 Å². The quantitative estimate of drug-likeness (QED) is 0.852. The van der Waals surface area contributed by atoms with Crippen LogP contribution >= 0.6 is 22.9 Å². The molecule has 0 radical (unpaired) electrons. The summed E-state index contributed by atoms with van der Waals surface area (Å²) in [5.74, 6) is 0. The van der Waals surface area contributed by atoms with E-state index in [1.54, 1.807) is 29.8 Å². The summed E-state index contributed by atoms with van der Waals surface area (Å²) in [7, 11) is -3.68. The summed E-state index contributed by atoms with van der Waals surface area (Å²) >= 11 is 6.99. The van der Waals surface area contributed by atoms with Gasteiger partial charge in [0.2, 0.25) is 0 Å². The highest BCUT2D eigenvalue weighted by atomic mass is 35.5. The van der Waals surface area contributed by atoms with Crippen LogP contribution in [0.4, 0.5) is 5.13 Å². The first-order chi connectivity index (χ1) is 9.01. The second kappa shape index (κ2) is 5.73. The van der Waals surface area contributed by atoms with E-state index < -0.39 is 10.0 Å². The lowest BCUT2D eigenvalue weighted by Gasteiger charge is -2.21. The minimum absolute atomic E-state index is 0.00764. The number of nitrogens with zero attached hydrogens (tertiary/aromatic N) is 2. The smallest absolute Gasteiger partial charge is 0.236 e. The number of rotatable bonds is 5. The zero-order valence-electron chi connectivity index (χ0n) is 9.86. The highest BCUT2D eigenvalue weighted by Crippen LogP contribution is 2.26. The van der Waals surface area contributed by atoms with Crippen molar-refractivity contribution in [1.82, 2.24) is 4.98 Å². The molecule has 0 atom stereocenters. The largest absolute Gasteiger partial charge is 0.266 e. The van der Waals surface area contributed by atoms with Gasteiger partial charge in [-0.05, 0) is 12.1 Å². The van der Waals surface area contributed by atoms with Gasteiger partial charge in [-0.15, -0.1) is 11.3 Å². The third-order valence-corrected chi connectivity index (χ3v) is 5.06. The van der Waals surface area contributed by atoms with Crippen LogP contribution in [-0.2, 0) is 10.0 Å². The molecule has 0 unspecified atom stereocenters. The molecular formula is C12H11ClN2O2S2. The second-order valence-electron chi connectivity index (χ2n) is 3.66. The second-order valence-corrected chi connectivity index (χ2v) is 6.93. The first kappa shape index (κ1) is 14.0. The van der Waals surface area contributed by atoms with E-state index in [1.807, 2.05) is 0 Å². The van der Waals surface area contributed by atoms with Crippen LogP contribution in [0.2, 0.25) is 0 Å². The molecule has 0 amide bonds. The Kier molecular flexibility index (Phi) is 4.24. The van der Waals surface area contributed by atoms with Crippen LogP contribution in [0.3, 0.4) is 0 Å². The topological polar surface area (TPSA) is 50.3 Å². The number of thiazole rings is 1. The van der Waals surface area contributed by atoms with Crippen LogP contribution in [0.1, 0.15) is 0 Å². The van der Waals surface area contributed by atoms with Gasteiger partial charge in [-0.25, -0.2) is 17.7 Å². The standard InChI is InChI=1S/C12H11ClN2O2S2/c1-10(13)9-15(12-14-7-8-18-12)19(16,17)11-5-3-2-4-6-11/h2-8H,1,9H2. The fraction of sp³-hybridized carbons (Fsp3) is 0.0833. The Morgan fingerprint density at radius 1 is 1.37 bits per heavy atom. The summed E-state index contributed by atoms with van der Waals surface area (Å²) < 4.78 is 26.3. The normalized spacial score (nSPS) is 11.2. The molecular weight excluding hydrogens is 304 g/mol. The van der Waals surface area contributed by atoms with Gasteiger partial charge >= 0.3 is 0 Å². The van der Waals surface area contributed by atoms with Crippen LogP contribution < -0.4 is 4.31 Å². The maximum Gasteiger partial charge on any atom is 0.266 e. The summed E-state index contributed by atoms with van der Waals surface area (Å²) in [6.07, 6.45) is 1.55. The molecule has 0 saturated carbocycles. The van der Waals surface area contributed by atoms with Crippen molar-refractivity contribution < 1.29 is 8.42 Å². The van der Waals surface area contributed by atoms with Crippen LogP contribution in [0.5, 0.6) is 0 Å². The third-order valence-electron chi connectivity index (χ3n) is 2.28. The van der Waals surface area contributed by atoms with Crippen molar-refractivity contribution >= 4 is 38.1 Å². The van der Waals surface area contributed by atoms with Gasteiger partial charge in [0, 0.05) is 16.6 Å². The van der Waals surface area contributed by atoms with Crippen LogP contribution in [0, 0.1) is 0 Å². The van der Waals surface area contributed by atoms with Gasteiger partial charge < -0.3 is 0 Å². The van der Waals surface area contributed by atoms with Crippen molar-refractivity contribution in [3.05, 3.63) is 53.5 Å². The van der Waals surface area contributed by atoms with Gasteiger partial charge in [-0.2, -0.15) is 0 Å². The van der Waals surface area contributed by atoms with E-state index in [0.29, 0.717) is 5.13 Å². The first-order valence-electron chi connectivity index (χ1n) is 5.32. The van der Waals surface area contributed by atoms with Gasteiger partial charge in [-0.3, -0.25) is 0 Å². The summed E-state index contributed by atoms with van der Waals surface area (Å²) in [4.78, 5) is 4.22. The fourth-order valence-corrected chi connectivity index (χ4v) is 3.97. The van der Waals surface area contributed by atoms with Gasteiger partial charge in [0.05, 0.1) is 11.4 Å². The molecule has 4 nitrogen and oxygen atoms in total. The Labute approximate surface area is 121 Å². The van der Waals surface area contributed by atoms with Crippen LogP contribution in [0.15, 0.2) is 58.4 Å². The minimum Gasteiger partial charge on any atom is -0.236 e. The number of anilines is 1. The highest BCUT2D eigenvalue weighted by Gasteiger charge is 2.26. The van der Waals surface area contributed by atoms with E-state index in [-0.39, 0.29) is 16.5 Å². The Morgan fingerprint density at radius 2 is 2.05 bits per heavy atom. The van der Waals surface area contributed by atoms with Crippen molar-refractivity contribution in [3.63, 3.8) is 0 Å². The molecule has 0 N–H and O–H groups in total. The van der Waals surface area contributed by atoms with E-state index in [1.165, 1.54) is 23.5 Å². The molecule has 7 heteroatoms. The molecule has 0 bridgehead atoms. The van der Waals surface area contributed by atoms with E-state index in [9.17, 15) is 8.42 Å². The molecule has 19 heavy (non-hydrogen) atoms. The molecule has 2 rings (SSSR count). The molecule has 1 heterocycles. The maximum absolute atomic E-state index is 12.6. The monoisotopic (exact) mass is 314 g/mol. The molecule has 2 aromatic rings. The van der Waals surface area contributed by atoms with Gasteiger partial charge in [0.1, 0.15) is 0 Å². The molecule has 0 fully saturated rings. The number of aromatic nitrogens is 1. The van der Waals surface area contributed by atoms with Crippen molar-refractivity contribution in [2.45, 2.75) is 4.90 Å². The fourth-order valence-electron chi connectivity index (χ4n) is 1.47. The van der Waals surface area contributed by atoms with Crippen LogP contribution in [-0.4, -0.2) is 19.9 Å². The predicted molar refractivity (Wildman–Crippen MR) is 78.1 cm³/mol. The summed E-state index contributed by atoms with van der Waals surface area (Å²) in [6.45, 7) is 3.54. The number of benzene rings is 1. The van der Waals surface area contributed by atoms with Crippen molar-refractivity contribution in [2.24, 2.45) is 0 Å². The third kappa shape index (κ3) is 3.15. The Balaban J connectivity index is 2.47. The molecule has 0 aliphatic heterocycles. The maximum atomic E-state index is 12.6. The lowest BCUT2D eigenvalue weighted by molar-refractivity contribution is 0.592. The SMILES string of the molecule is C=C(Cl)CN(c1nccs1)S(=O)(=O)c1ccccc1. The van der Waals surface area contributed by atoms with Crippen molar-refractivity contribution in [3.8, 4) is 0 Å². The van der Waals surface area contributed by atoms with E-state index in [0.717, 1.165) is 4.31 Å². The average molecular weight is 315 g/mol. The Morgan fingerprint density at radius 3 is 2.58 bits per heavy atom. The molecule has 0 saturated heterocycles. The zero-order chi connectivity index (χ0) is 13.9. The molecule has 1 aromatic carbocycles. The number of halogens is 1. The zero-order valence-corrected chi connectivity index (χ0v) is 12.2. The summed E-state index contributed by atoms with van der Waals surface area (Å²) in [6, 6.07) is 8.16. The lowest BCUT2D eigenvalue weighted by Crippen LogP contribution is -2.32. The average Bonchev–Trinajstić information content (AvgIpc) is 2.90. The molecule has 0 aliphatic rings.